The first-order valence-corrected chi connectivity index (χ1v) is 8.08. The summed E-state index contributed by atoms with van der Waals surface area (Å²) in [6, 6.07) is 1.49. The summed E-state index contributed by atoms with van der Waals surface area (Å²) in [4.78, 5) is 3.93. The minimum Gasteiger partial charge on any atom is -0.383 e. The fourth-order valence-corrected chi connectivity index (χ4v) is 3.62. The zero-order valence-corrected chi connectivity index (χ0v) is 13.0. The molecule has 0 spiro atoms. The molecule has 102 valence electrons. The van der Waals surface area contributed by atoms with Crippen molar-refractivity contribution in [2.75, 3.05) is 18.8 Å². The minimum atomic E-state index is -3.56. The molecule has 0 saturated carbocycles. The average molecular weight is 336 g/mol. The maximum Gasteiger partial charge on any atom is 0.246 e. The van der Waals surface area contributed by atoms with E-state index in [4.69, 9.17) is 5.73 Å². The Morgan fingerprint density at radius 3 is 2.67 bits per heavy atom. The Kier molecular flexibility index (Phi) is 5.55. The smallest absolute Gasteiger partial charge is 0.246 e. The number of pyridine rings is 1. The Morgan fingerprint density at radius 2 is 2.11 bits per heavy atom. The maximum atomic E-state index is 12.4. The first-order valence-electron chi connectivity index (χ1n) is 5.84. The first kappa shape index (κ1) is 15.4. The van der Waals surface area contributed by atoms with Gasteiger partial charge >= 0.3 is 0 Å². The van der Waals surface area contributed by atoms with E-state index in [9.17, 15) is 8.42 Å². The van der Waals surface area contributed by atoms with Gasteiger partial charge in [0, 0.05) is 23.8 Å². The van der Waals surface area contributed by atoms with Crippen LogP contribution in [0, 0.1) is 0 Å². The highest BCUT2D eigenvalue weighted by Gasteiger charge is 2.25. The van der Waals surface area contributed by atoms with E-state index in [0.717, 1.165) is 12.8 Å². The quantitative estimate of drug-likeness (QED) is 0.864. The van der Waals surface area contributed by atoms with E-state index in [-0.39, 0.29) is 10.7 Å². The molecule has 0 fully saturated rings. The van der Waals surface area contributed by atoms with Gasteiger partial charge in [0.05, 0.1) is 0 Å². The average Bonchev–Trinajstić information content (AvgIpc) is 2.33. The molecule has 0 bridgehead atoms. The number of nitrogen functional groups attached to an aromatic ring is 1. The number of anilines is 1. The Labute approximate surface area is 117 Å². The molecule has 1 heterocycles. The summed E-state index contributed by atoms with van der Waals surface area (Å²) >= 11 is 3.21. The number of rotatable bonds is 6. The van der Waals surface area contributed by atoms with E-state index < -0.39 is 10.0 Å². The van der Waals surface area contributed by atoms with Crippen LogP contribution in [0.15, 0.2) is 21.6 Å². The Balaban J connectivity index is 3.14. The summed E-state index contributed by atoms with van der Waals surface area (Å²) in [6.45, 7) is 4.76. The molecule has 0 atom stereocenters. The number of sulfonamides is 1. The zero-order chi connectivity index (χ0) is 13.8. The zero-order valence-electron chi connectivity index (χ0n) is 10.6. The molecule has 0 amide bonds. The fraction of sp³-hybridized carbons (Fsp3) is 0.545. The van der Waals surface area contributed by atoms with Gasteiger partial charge in [-0.2, -0.15) is 4.31 Å². The SMILES string of the molecule is CCCCN(CC)S(=O)(=O)c1cc(Br)cnc1N. The summed E-state index contributed by atoms with van der Waals surface area (Å²) in [6.07, 6.45) is 3.25. The van der Waals surface area contributed by atoms with E-state index in [1.165, 1.54) is 16.6 Å². The van der Waals surface area contributed by atoms with Crippen molar-refractivity contribution in [1.82, 2.24) is 9.29 Å². The van der Waals surface area contributed by atoms with Crippen molar-refractivity contribution in [2.24, 2.45) is 0 Å². The van der Waals surface area contributed by atoms with Crippen molar-refractivity contribution in [3.05, 3.63) is 16.7 Å². The summed E-state index contributed by atoms with van der Waals surface area (Å²) in [5, 5.41) is 0. The van der Waals surface area contributed by atoms with Crippen LogP contribution in [-0.4, -0.2) is 30.8 Å². The normalized spacial score (nSPS) is 12.0. The van der Waals surface area contributed by atoms with Crippen LogP contribution in [0.2, 0.25) is 0 Å². The van der Waals surface area contributed by atoms with Crippen LogP contribution < -0.4 is 5.73 Å². The molecule has 1 aromatic rings. The van der Waals surface area contributed by atoms with Gasteiger partial charge in [-0.25, -0.2) is 13.4 Å². The van der Waals surface area contributed by atoms with Crippen molar-refractivity contribution in [1.29, 1.82) is 0 Å². The van der Waals surface area contributed by atoms with E-state index in [1.54, 1.807) is 0 Å². The lowest BCUT2D eigenvalue weighted by Crippen LogP contribution is -2.32. The largest absolute Gasteiger partial charge is 0.383 e. The van der Waals surface area contributed by atoms with Crippen molar-refractivity contribution in [2.45, 2.75) is 31.6 Å². The minimum absolute atomic E-state index is 0.0353. The number of unbranched alkanes of at least 4 members (excludes halogenated alkanes) is 1. The molecule has 0 aromatic carbocycles. The summed E-state index contributed by atoms with van der Waals surface area (Å²) in [5.74, 6) is 0.0353. The molecule has 2 N–H and O–H groups in total. The number of hydrogen-bond acceptors (Lipinski definition) is 4. The van der Waals surface area contributed by atoms with Gasteiger partial charge in [-0.15, -0.1) is 0 Å². The Hall–Kier alpha value is -0.660. The van der Waals surface area contributed by atoms with Gasteiger partial charge in [0.15, 0.2) is 0 Å². The third kappa shape index (κ3) is 3.43. The molecule has 7 heteroatoms. The molecular weight excluding hydrogens is 318 g/mol. The number of aromatic nitrogens is 1. The van der Waals surface area contributed by atoms with Crippen LogP contribution >= 0.6 is 15.9 Å². The third-order valence-corrected chi connectivity index (χ3v) is 5.02. The number of halogens is 1. The molecular formula is C11H18BrN3O2S. The van der Waals surface area contributed by atoms with E-state index in [2.05, 4.69) is 20.9 Å². The molecule has 1 rings (SSSR count). The van der Waals surface area contributed by atoms with Crippen LogP contribution in [-0.2, 0) is 10.0 Å². The Morgan fingerprint density at radius 1 is 1.44 bits per heavy atom. The second kappa shape index (κ2) is 6.49. The second-order valence-electron chi connectivity index (χ2n) is 3.89. The van der Waals surface area contributed by atoms with Crippen molar-refractivity contribution < 1.29 is 8.42 Å². The van der Waals surface area contributed by atoms with Crippen LogP contribution in [0.25, 0.3) is 0 Å². The summed E-state index contributed by atoms with van der Waals surface area (Å²) in [7, 11) is -3.56. The molecule has 1 aromatic heterocycles. The molecule has 0 radical (unpaired) electrons. The fourth-order valence-electron chi connectivity index (χ4n) is 1.56. The predicted molar refractivity (Wildman–Crippen MR) is 75.7 cm³/mol. The van der Waals surface area contributed by atoms with Gasteiger partial charge in [-0.1, -0.05) is 20.3 Å². The standard InChI is InChI=1S/C11H18BrN3O2S/c1-3-5-6-15(4-2)18(16,17)10-7-9(12)8-14-11(10)13/h7-8H,3-6H2,1-2H3,(H2,13,14). The van der Waals surface area contributed by atoms with Gasteiger partial charge in [0.1, 0.15) is 10.7 Å². The topological polar surface area (TPSA) is 76.3 Å². The number of nitrogens with two attached hydrogens (primary N) is 1. The summed E-state index contributed by atoms with van der Waals surface area (Å²) < 4.78 is 26.9. The molecule has 0 aliphatic heterocycles. The highest BCUT2D eigenvalue weighted by atomic mass is 79.9. The maximum absolute atomic E-state index is 12.4. The van der Waals surface area contributed by atoms with Crippen molar-refractivity contribution in [3.8, 4) is 0 Å². The van der Waals surface area contributed by atoms with Crippen LogP contribution in [0.4, 0.5) is 5.82 Å². The molecule has 5 nitrogen and oxygen atoms in total. The number of nitrogens with zero attached hydrogens (tertiary/aromatic N) is 2. The van der Waals surface area contributed by atoms with Crippen molar-refractivity contribution in [3.63, 3.8) is 0 Å². The van der Waals surface area contributed by atoms with E-state index in [0.29, 0.717) is 17.6 Å². The number of hydrogen-bond donors (Lipinski definition) is 1. The van der Waals surface area contributed by atoms with Crippen LogP contribution in [0.5, 0.6) is 0 Å². The third-order valence-electron chi connectivity index (χ3n) is 2.58. The molecule has 0 aliphatic carbocycles. The highest BCUT2D eigenvalue weighted by Crippen LogP contribution is 2.24. The Bertz CT molecular complexity index is 505. The first-order chi connectivity index (χ1) is 8.43. The van der Waals surface area contributed by atoms with E-state index in [1.807, 2.05) is 13.8 Å². The van der Waals surface area contributed by atoms with Crippen LogP contribution in [0.3, 0.4) is 0 Å². The van der Waals surface area contributed by atoms with Gasteiger partial charge < -0.3 is 5.73 Å². The van der Waals surface area contributed by atoms with Gasteiger partial charge in [-0.05, 0) is 28.4 Å². The second-order valence-corrected chi connectivity index (χ2v) is 6.71. The monoisotopic (exact) mass is 335 g/mol. The summed E-state index contributed by atoms with van der Waals surface area (Å²) in [5.41, 5.74) is 5.66. The molecule has 18 heavy (non-hydrogen) atoms. The van der Waals surface area contributed by atoms with Crippen LogP contribution in [0.1, 0.15) is 26.7 Å². The lowest BCUT2D eigenvalue weighted by molar-refractivity contribution is 0.419. The van der Waals surface area contributed by atoms with Crippen molar-refractivity contribution >= 4 is 31.8 Å². The van der Waals surface area contributed by atoms with E-state index >= 15 is 0 Å². The lowest BCUT2D eigenvalue weighted by Gasteiger charge is -2.20. The molecule has 0 saturated heterocycles. The van der Waals surface area contributed by atoms with Gasteiger partial charge in [0.25, 0.3) is 0 Å². The highest BCUT2D eigenvalue weighted by molar-refractivity contribution is 9.10. The van der Waals surface area contributed by atoms with Gasteiger partial charge in [0.2, 0.25) is 10.0 Å². The lowest BCUT2D eigenvalue weighted by atomic mass is 10.3. The molecule has 0 unspecified atom stereocenters. The predicted octanol–water partition coefficient (Wildman–Crippen LogP) is 2.24. The molecule has 0 aliphatic rings. The van der Waals surface area contributed by atoms with Gasteiger partial charge in [-0.3, -0.25) is 0 Å².